The van der Waals surface area contributed by atoms with E-state index in [0.29, 0.717) is 22.9 Å². The molecule has 2 heterocycles. The Labute approximate surface area is 195 Å². The lowest BCUT2D eigenvalue weighted by atomic mass is 9.87. The molecule has 0 radical (unpaired) electrons. The SMILES string of the molecule is CC(C)(C)c1ccc(S(=O)(=O)NCC2CCN(CCCc3noc4cc(F)ccc34)C2)cc1. The number of rotatable bonds is 8. The molecule has 2 aromatic carbocycles. The fourth-order valence-electron chi connectivity index (χ4n) is 4.34. The lowest BCUT2D eigenvalue weighted by Gasteiger charge is -2.19. The molecule has 1 unspecified atom stereocenters. The van der Waals surface area contributed by atoms with Gasteiger partial charge in [-0.3, -0.25) is 0 Å². The number of hydrogen-bond acceptors (Lipinski definition) is 5. The van der Waals surface area contributed by atoms with E-state index in [1.807, 2.05) is 12.1 Å². The third kappa shape index (κ3) is 5.80. The molecule has 1 saturated heterocycles. The number of aryl methyl sites for hydroxylation is 1. The Morgan fingerprint density at radius 1 is 1.18 bits per heavy atom. The van der Waals surface area contributed by atoms with Gasteiger partial charge in [0.25, 0.3) is 0 Å². The van der Waals surface area contributed by atoms with Gasteiger partial charge >= 0.3 is 0 Å². The van der Waals surface area contributed by atoms with Crippen molar-refractivity contribution in [3.63, 3.8) is 0 Å². The van der Waals surface area contributed by atoms with Crippen molar-refractivity contribution in [1.82, 2.24) is 14.8 Å². The molecule has 8 heteroatoms. The molecule has 1 aromatic heterocycles. The summed E-state index contributed by atoms with van der Waals surface area (Å²) in [7, 11) is -3.51. The highest BCUT2D eigenvalue weighted by Crippen LogP contribution is 2.24. The van der Waals surface area contributed by atoms with E-state index in [9.17, 15) is 12.8 Å². The van der Waals surface area contributed by atoms with Crippen LogP contribution >= 0.6 is 0 Å². The normalized spacial score (nSPS) is 17.8. The summed E-state index contributed by atoms with van der Waals surface area (Å²) in [5.41, 5.74) is 2.43. The van der Waals surface area contributed by atoms with Crippen LogP contribution in [0.5, 0.6) is 0 Å². The third-order valence-electron chi connectivity index (χ3n) is 6.36. The first kappa shape index (κ1) is 23.9. The molecular weight excluding hydrogens is 441 g/mol. The van der Waals surface area contributed by atoms with Gasteiger partial charge in [0, 0.05) is 24.5 Å². The van der Waals surface area contributed by atoms with Crippen molar-refractivity contribution in [2.75, 3.05) is 26.2 Å². The first-order valence-electron chi connectivity index (χ1n) is 11.5. The van der Waals surface area contributed by atoms with Crippen LogP contribution in [0.1, 0.15) is 44.9 Å². The number of fused-ring (bicyclic) bond motifs is 1. The third-order valence-corrected chi connectivity index (χ3v) is 7.80. The van der Waals surface area contributed by atoms with E-state index in [2.05, 4.69) is 35.5 Å². The minimum Gasteiger partial charge on any atom is -0.356 e. The minimum atomic E-state index is -3.51. The monoisotopic (exact) mass is 473 g/mol. The minimum absolute atomic E-state index is 0.0122. The van der Waals surface area contributed by atoms with Gasteiger partial charge in [-0.05, 0) is 73.5 Å². The standard InChI is InChI=1S/C25H32FN3O3S/c1-25(2,3)19-6-9-21(10-7-19)33(30,31)27-16-18-12-14-29(17-18)13-4-5-23-22-11-8-20(26)15-24(22)32-28-23/h6-11,15,18,27H,4-5,12-14,16-17H2,1-3H3. The highest BCUT2D eigenvalue weighted by atomic mass is 32.2. The summed E-state index contributed by atoms with van der Waals surface area (Å²) in [4.78, 5) is 2.67. The summed E-state index contributed by atoms with van der Waals surface area (Å²) in [6.45, 7) is 9.50. The number of likely N-dealkylation sites (tertiary alicyclic amines) is 1. The molecule has 1 fully saturated rings. The molecule has 1 aliphatic rings. The molecule has 1 atom stereocenters. The predicted octanol–water partition coefficient (Wildman–Crippen LogP) is 4.50. The zero-order valence-electron chi connectivity index (χ0n) is 19.5. The number of aromatic nitrogens is 1. The summed E-state index contributed by atoms with van der Waals surface area (Å²) < 4.78 is 46.7. The summed E-state index contributed by atoms with van der Waals surface area (Å²) in [6, 6.07) is 11.6. The molecule has 6 nitrogen and oxygen atoms in total. The van der Waals surface area contributed by atoms with E-state index < -0.39 is 10.0 Å². The van der Waals surface area contributed by atoms with Crippen LogP contribution in [0.2, 0.25) is 0 Å². The number of nitrogens with zero attached hydrogens (tertiary/aromatic N) is 2. The second kappa shape index (κ2) is 9.52. The van der Waals surface area contributed by atoms with Crippen LogP contribution in [0.4, 0.5) is 4.39 Å². The Kier molecular flexibility index (Phi) is 6.88. The van der Waals surface area contributed by atoms with Crippen LogP contribution in [-0.2, 0) is 21.9 Å². The van der Waals surface area contributed by atoms with Gasteiger partial charge in [0.2, 0.25) is 10.0 Å². The predicted molar refractivity (Wildman–Crippen MR) is 127 cm³/mol. The number of halogens is 1. The van der Waals surface area contributed by atoms with E-state index in [1.165, 1.54) is 12.1 Å². The van der Waals surface area contributed by atoms with Crippen LogP contribution in [0.15, 0.2) is 51.9 Å². The highest BCUT2D eigenvalue weighted by Gasteiger charge is 2.25. The molecular formula is C25H32FN3O3S. The van der Waals surface area contributed by atoms with Gasteiger partial charge < -0.3 is 9.42 Å². The fourth-order valence-corrected chi connectivity index (χ4v) is 5.46. The highest BCUT2D eigenvalue weighted by molar-refractivity contribution is 7.89. The summed E-state index contributed by atoms with van der Waals surface area (Å²) in [6.07, 6.45) is 2.65. The van der Waals surface area contributed by atoms with Crippen molar-refractivity contribution in [3.8, 4) is 0 Å². The van der Waals surface area contributed by atoms with E-state index in [1.54, 1.807) is 18.2 Å². The zero-order chi connectivity index (χ0) is 23.6. The number of benzene rings is 2. The van der Waals surface area contributed by atoms with Gasteiger partial charge in [-0.1, -0.05) is 38.1 Å². The van der Waals surface area contributed by atoms with Crippen molar-refractivity contribution in [2.45, 2.75) is 50.3 Å². The first-order valence-corrected chi connectivity index (χ1v) is 13.0. The Morgan fingerprint density at radius 2 is 1.94 bits per heavy atom. The number of hydrogen-bond donors (Lipinski definition) is 1. The van der Waals surface area contributed by atoms with E-state index in [4.69, 9.17) is 4.52 Å². The summed E-state index contributed by atoms with van der Waals surface area (Å²) in [5.74, 6) is -0.0321. The fraction of sp³-hybridized carbons (Fsp3) is 0.480. The van der Waals surface area contributed by atoms with Crippen molar-refractivity contribution in [3.05, 3.63) is 59.5 Å². The van der Waals surface area contributed by atoms with Gasteiger partial charge in [0.15, 0.2) is 5.58 Å². The van der Waals surface area contributed by atoms with E-state index >= 15 is 0 Å². The van der Waals surface area contributed by atoms with E-state index in [0.717, 1.165) is 55.5 Å². The largest absolute Gasteiger partial charge is 0.356 e. The van der Waals surface area contributed by atoms with Gasteiger partial charge in [0.05, 0.1) is 10.6 Å². The molecule has 1 aliphatic heterocycles. The van der Waals surface area contributed by atoms with Crippen molar-refractivity contribution in [1.29, 1.82) is 0 Å². The second-order valence-corrected chi connectivity index (χ2v) is 11.7. The lowest BCUT2D eigenvalue weighted by Crippen LogP contribution is -2.31. The molecule has 0 saturated carbocycles. The van der Waals surface area contributed by atoms with Gasteiger partial charge in [-0.2, -0.15) is 0 Å². The molecule has 0 aliphatic carbocycles. The Balaban J connectivity index is 1.23. The second-order valence-electron chi connectivity index (χ2n) is 9.95. The smallest absolute Gasteiger partial charge is 0.240 e. The van der Waals surface area contributed by atoms with Crippen LogP contribution in [0.3, 0.4) is 0 Å². The summed E-state index contributed by atoms with van der Waals surface area (Å²) in [5, 5.41) is 4.94. The van der Waals surface area contributed by atoms with Crippen molar-refractivity contribution < 1.29 is 17.3 Å². The van der Waals surface area contributed by atoms with Gasteiger partial charge in [-0.15, -0.1) is 0 Å². The molecule has 0 amide bonds. The number of sulfonamides is 1. The average molecular weight is 474 g/mol. The molecule has 0 bridgehead atoms. The molecule has 0 spiro atoms. The zero-order valence-corrected chi connectivity index (χ0v) is 20.3. The van der Waals surface area contributed by atoms with Crippen LogP contribution in [-0.4, -0.2) is 44.7 Å². The molecule has 4 rings (SSSR count). The molecule has 33 heavy (non-hydrogen) atoms. The summed E-state index contributed by atoms with van der Waals surface area (Å²) >= 11 is 0. The molecule has 3 aromatic rings. The number of nitrogens with one attached hydrogen (secondary N) is 1. The van der Waals surface area contributed by atoms with Crippen LogP contribution < -0.4 is 4.72 Å². The Bertz CT molecular complexity index is 1200. The molecule has 178 valence electrons. The van der Waals surface area contributed by atoms with Crippen molar-refractivity contribution in [2.24, 2.45) is 5.92 Å². The van der Waals surface area contributed by atoms with Gasteiger partial charge in [-0.25, -0.2) is 17.5 Å². The Hall–Kier alpha value is -2.29. The maximum Gasteiger partial charge on any atom is 0.240 e. The maximum atomic E-state index is 13.3. The quantitative estimate of drug-likeness (QED) is 0.521. The Morgan fingerprint density at radius 3 is 2.67 bits per heavy atom. The van der Waals surface area contributed by atoms with E-state index in [-0.39, 0.29) is 11.2 Å². The average Bonchev–Trinajstić information content (AvgIpc) is 3.38. The van der Waals surface area contributed by atoms with Crippen LogP contribution in [0.25, 0.3) is 11.0 Å². The first-order chi connectivity index (χ1) is 15.6. The van der Waals surface area contributed by atoms with Crippen molar-refractivity contribution >= 4 is 21.0 Å². The van der Waals surface area contributed by atoms with Crippen LogP contribution in [0, 0.1) is 11.7 Å². The molecule has 1 N–H and O–H groups in total. The maximum absolute atomic E-state index is 13.3. The topological polar surface area (TPSA) is 75.4 Å². The lowest BCUT2D eigenvalue weighted by molar-refractivity contribution is 0.318. The van der Waals surface area contributed by atoms with Gasteiger partial charge in [0.1, 0.15) is 5.82 Å².